The third-order valence-electron chi connectivity index (χ3n) is 2.88. The molecular formula is C10H17N3S. The summed E-state index contributed by atoms with van der Waals surface area (Å²) < 4.78 is 0. The molecule has 0 saturated heterocycles. The first-order chi connectivity index (χ1) is 6.88. The topological polar surface area (TPSA) is 50.9 Å². The quantitative estimate of drug-likeness (QED) is 0.804. The largest absolute Gasteiger partial charge is 0.359 e. The first kappa shape index (κ1) is 9.93. The summed E-state index contributed by atoms with van der Waals surface area (Å²) in [6.07, 6.45) is 6.90. The van der Waals surface area contributed by atoms with Crippen LogP contribution in [0.15, 0.2) is 11.6 Å². The molecule has 78 valence electrons. The van der Waals surface area contributed by atoms with E-state index >= 15 is 0 Å². The van der Waals surface area contributed by atoms with Crippen molar-refractivity contribution in [3.8, 4) is 0 Å². The number of rotatable bonds is 3. The molecule has 2 unspecified atom stereocenters. The molecule has 0 spiro atoms. The van der Waals surface area contributed by atoms with E-state index < -0.39 is 0 Å². The van der Waals surface area contributed by atoms with Gasteiger partial charge in [0, 0.05) is 17.6 Å². The fraction of sp³-hybridized carbons (Fsp3) is 0.700. The second-order valence-corrected chi connectivity index (χ2v) is 4.84. The maximum absolute atomic E-state index is 5.70. The van der Waals surface area contributed by atoms with Gasteiger partial charge in [-0.3, -0.25) is 0 Å². The van der Waals surface area contributed by atoms with Gasteiger partial charge in [0.1, 0.15) is 0 Å². The standard InChI is InChI=1S/C10H17N3S/c11-7-8-2-1-3-9(6-8)13-10-12-4-5-14-10/h4-5,8-9H,1-3,6-7,11H2,(H,12,13). The Morgan fingerprint density at radius 2 is 2.50 bits per heavy atom. The summed E-state index contributed by atoms with van der Waals surface area (Å²) >= 11 is 1.67. The third-order valence-corrected chi connectivity index (χ3v) is 3.58. The van der Waals surface area contributed by atoms with E-state index in [1.165, 1.54) is 25.7 Å². The van der Waals surface area contributed by atoms with E-state index in [4.69, 9.17) is 5.73 Å². The molecule has 2 rings (SSSR count). The van der Waals surface area contributed by atoms with Gasteiger partial charge in [0.2, 0.25) is 0 Å². The van der Waals surface area contributed by atoms with E-state index in [1.807, 2.05) is 11.6 Å². The molecule has 3 N–H and O–H groups in total. The van der Waals surface area contributed by atoms with Crippen LogP contribution in [0.25, 0.3) is 0 Å². The molecule has 1 heterocycles. The van der Waals surface area contributed by atoms with Gasteiger partial charge in [-0.15, -0.1) is 11.3 Å². The highest BCUT2D eigenvalue weighted by Gasteiger charge is 2.20. The Morgan fingerprint density at radius 1 is 1.57 bits per heavy atom. The lowest BCUT2D eigenvalue weighted by atomic mass is 9.86. The smallest absolute Gasteiger partial charge is 0.182 e. The minimum atomic E-state index is 0.587. The SMILES string of the molecule is NCC1CCCC(Nc2nccs2)C1. The maximum atomic E-state index is 5.70. The van der Waals surface area contributed by atoms with Gasteiger partial charge in [0.25, 0.3) is 0 Å². The Balaban J connectivity index is 1.86. The lowest BCUT2D eigenvalue weighted by Gasteiger charge is -2.28. The molecule has 14 heavy (non-hydrogen) atoms. The van der Waals surface area contributed by atoms with E-state index in [1.54, 1.807) is 11.3 Å². The fourth-order valence-electron chi connectivity index (χ4n) is 2.11. The molecule has 1 aromatic heterocycles. The van der Waals surface area contributed by atoms with Crippen LogP contribution in [0.3, 0.4) is 0 Å². The molecule has 0 bridgehead atoms. The van der Waals surface area contributed by atoms with Gasteiger partial charge in [-0.05, 0) is 31.7 Å². The van der Waals surface area contributed by atoms with Crippen LogP contribution in [0.1, 0.15) is 25.7 Å². The molecular weight excluding hydrogens is 194 g/mol. The maximum Gasteiger partial charge on any atom is 0.182 e. The van der Waals surface area contributed by atoms with Crippen LogP contribution in [0.5, 0.6) is 0 Å². The summed E-state index contributed by atoms with van der Waals surface area (Å²) in [6.45, 7) is 0.829. The van der Waals surface area contributed by atoms with Gasteiger partial charge in [0.15, 0.2) is 5.13 Å². The number of thiazole rings is 1. The summed E-state index contributed by atoms with van der Waals surface area (Å²) in [5, 5.41) is 6.53. The highest BCUT2D eigenvalue weighted by atomic mass is 32.1. The first-order valence-electron chi connectivity index (χ1n) is 5.24. The predicted octanol–water partition coefficient (Wildman–Crippen LogP) is 2.07. The highest BCUT2D eigenvalue weighted by molar-refractivity contribution is 7.13. The van der Waals surface area contributed by atoms with Crippen molar-refractivity contribution in [2.45, 2.75) is 31.7 Å². The summed E-state index contributed by atoms with van der Waals surface area (Å²) in [6, 6.07) is 0.587. The summed E-state index contributed by atoms with van der Waals surface area (Å²) in [4.78, 5) is 4.24. The lowest BCUT2D eigenvalue weighted by Crippen LogP contribution is -2.30. The van der Waals surface area contributed by atoms with Crippen LogP contribution in [-0.4, -0.2) is 17.6 Å². The second kappa shape index (κ2) is 4.75. The molecule has 1 aliphatic carbocycles. The van der Waals surface area contributed by atoms with Crippen molar-refractivity contribution in [1.29, 1.82) is 0 Å². The van der Waals surface area contributed by atoms with Crippen LogP contribution in [0.2, 0.25) is 0 Å². The highest BCUT2D eigenvalue weighted by Crippen LogP contribution is 2.26. The Labute approximate surface area is 88.7 Å². The van der Waals surface area contributed by atoms with E-state index in [-0.39, 0.29) is 0 Å². The van der Waals surface area contributed by atoms with Crippen LogP contribution in [-0.2, 0) is 0 Å². The molecule has 1 aliphatic rings. The molecule has 0 aliphatic heterocycles. The monoisotopic (exact) mass is 211 g/mol. The molecule has 1 aromatic rings. The van der Waals surface area contributed by atoms with Crippen molar-refractivity contribution in [1.82, 2.24) is 4.98 Å². The molecule has 4 heteroatoms. The van der Waals surface area contributed by atoms with Gasteiger partial charge >= 0.3 is 0 Å². The van der Waals surface area contributed by atoms with Crippen molar-refractivity contribution in [3.63, 3.8) is 0 Å². The number of aromatic nitrogens is 1. The zero-order chi connectivity index (χ0) is 9.80. The Bertz CT molecular complexity index is 260. The number of hydrogen-bond acceptors (Lipinski definition) is 4. The summed E-state index contributed by atoms with van der Waals surface area (Å²) in [7, 11) is 0. The van der Waals surface area contributed by atoms with Crippen molar-refractivity contribution in [2.24, 2.45) is 11.7 Å². The average molecular weight is 211 g/mol. The van der Waals surface area contributed by atoms with Gasteiger partial charge in [-0.2, -0.15) is 0 Å². The number of hydrogen-bond donors (Lipinski definition) is 2. The van der Waals surface area contributed by atoms with Gasteiger partial charge in [-0.25, -0.2) is 4.98 Å². The summed E-state index contributed by atoms with van der Waals surface area (Å²) in [5.74, 6) is 0.709. The molecule has 0 amide bonds. The van der Waals surface area contributed by atoms with Crippen molar-refractivity contribution in [3.05, 3.63) is 11.6 Å². The van der Waals surface area contributed by atoms with Crippen molar-refractivity contribution >= 4 is 16.5 Å². The number of anilines is 1. The zero-order valence-electron chi connectivity index (χ0n) is 8.28. The fourth-order valence-corrected chi connectivity index (χ4v) is 2.71. The number of nitrogens with two attached hydrogens (primary N) is 1. The van der Waals surface area contributed by atoms with Gasteiger partial charge < -0.3 is 11.1 Å². The van der Waals surface area contributed by atoms with E-state index in [0.717, 1.165) is 11.7 Å². The van der Waals surface area contributed by atoms with Crippen molar-refractivity contribution in [2.75, 3.05) is 11.9 Å². The zero-order valence-corrected chi connectivity index (χ0v) is 9.09. The average Bonchev–Trinajstić information content (AvgIpc) is 2.71. The third kappa shape index (κ3) is 2.45. The molecule has 3 nitrogen and oxygen atoms in total. The van der Waals surface area contributed by atoms with Gasteiger partial charge in [0.05, 0.1) is 0 Å². The second-order valence-electron chi connectivity index (χ2n) is 3.95. The molecule has 1 fully saturated rings. The lowest BCUT2D eigenvalue weighted by molar-refractivity contribution is 0.342. The Morgan fingerprint density at radius 3 is 3.21 bits per heavy atom. The van der Waals surface area contributed by atoms with E-state index in [9.17, 15) is 0 Å². The van der Waals surface area contributed by atoms with E-state index in [0.29, 0.717) is 12.0 Å². The Hall–Kier alpha value is -0.610. The molecule has 2 atom stereocenters. The van der Waals surface area contributed by atoms with Crippen LogP contribution in [0, 0.1) is 5.92 Å². The van der Waals surface area contributed by atoms with Crippen LogP contribution < -0.4 is 11.1 Å². The van der Waals surface area contributed by atoms with Crippen LogP contribution in [0.4, 0.5) is 5.13 Å². The molecule has 0 radical (unpaired) electrons. The normalized spacial score (nSPS) is 27.5. The van der Waals surface area contributed by atoms with E-state index in [2.05, 4.69) is 10.3 Å². The minimum Gasteiger partial charge on any atom is -0.359 e. The van der Waals surface area contributed by atoms with Gasteiger partial charge in [-0.1, -0.05) is 6.42 Å². The summed E-state index contributed by atoms with van der Waals surface area (Å²) in [5.41, 5.74) is 5.70. The molecule has 0 aromatic carbocycles. The predicted molar refractivity (Wildman–Crippen MR) is 60.5 cm³/mol. The molecule has 1 saturated carbocycles. The minimum absolute atomic E-state index is 0.587. The van der Waals surface area contributed by atoms with Crippen molar-refractivity contribution < 1.29 is 0 Å². The number of nitrogens with one attached hydrogen (secondary N) is 1. The Kier molecular flexibility index (Phi) is 3.37. The van der Waals surface area contributed by atoms with Crippen LogP contribution >= 0.6 is 11.3 Å². The number of nitrogens with zero attached hydrogens (tertiary/aromatic N) is 1. The first-order valence-corrected chi connectivity index (χ1v) is 6.12.